The zero-order chi connectivity index (χ0) is 11.1. The molecule has 0 aliphatic carbocycles. The highest BCUT2D eigenvalue weighted by atomic mass is 35.5. The average Bonchev–Trinajstić information content (AvgIpc) is 2.82. The van der Waals surface area contributed by atoms with E-state index in [0.29, 0.717) is 6.61 Å². The van der Waals surface area contributed by atoms with E-state index in [-0.39, 0.29) is 5.60 Å². The summed E-state index contributed by atoms with van der Waals surface area (Å²) in [6, 6.07) is 3.83. The Hall–Kier alpha value is -0.730. The molecular weight excluding hydrogens is 212 g/mol. The third-order valence-electron chi connectivity index (χ3n) is 2.58. The fraction of sp³-hybridized carbons (Fsp3) is 0.500. The van der Waals surface area contributed by atoms with Gasteiger partial charge in [0.05, 0.1) is 6.61 Å². The van der Waals surface area contributed by atoms with Gasteiger partial charge in [0.1, 0.15) is 18.0 Å². The molecule has 3 heteroatoms. The highest BCUT2D eigenvalue weighted by Crippen LogP contribution is 2.31. The molecule has 1 unspecified atom stereocenters. The molecule has 0 bridgehead atoms. The summed E-state index contributed by atoms with van der Waals surface area (Å²) in [5.74, 6) is 0.927. The standard InChI is InChI=1S/C12H15ClO2/c1-8-4-10(13)5-9(2)11(8)14-6-12(3)7-15-12/h4-5H,6-7H2,1-3H3. The smallest absolute Gasteiger partial charge is 0.125 e. The Labute approximate surface area is 95.1 Å². The van der Waals surface area contributed by atoms with Gasteiger partial charge >= 0.3 is 0 Å². The van der Waals surface area contributed by atoms with Gasteiger partial charge in [-0.3, -0.25) is 0 Å². The van der Waals surface area contributed by atoms with Crippen molar-refractivity contribution < 1.29 is 9.47 Å². The SMILES string of the molecule is Cc1cc(Cl)cc(C)c1OCC1(C)CO1. The predicted octanol–water partition coefficient (Wildman–Crippen LogP) is 3.12. The van der Waals surface area contributed by atoms with Gasteiger partial charge in [-0.25, -0.2) is 0 Å². The molecule has 0 amide bonds. The van der Waals surface area contributed by atoms with Crippen molar-refractivity contribution in [2.24, 2.45) is 0 Å². The third kappa shape index (κ3) is 2.44. The molecule has 1 aliphatic rings. The largest absolute Gasteiger partial charge is 0.490 e. The lowest BCUT2D eigenvalue weighted by Crippen LogP contribution is -2.17. The maximum Gasteiger partial charge on any atom is 0.125 e. The topological polar surface area (TPSA) is 21.8 Å². The maximum absolute atomic E-state index is 5.94. The van der Waals surface area contributed by atoms with Crippen LogP contribution in [0.5, 0.6) is 5.75 Å². The van der Waals surface area contributed by atoms with Gasteiger partial charge < -0.3 is 9.47 Å². The quantitative estimate of drug-likeness (QED) is 0.739. The maximum atomic E-state index is 5.94. The van der Waals surface area contributed by atoms with Crippen molar-refractivity contribution >= 4 is 11.6 Å². The van der Waals surface area contributed by atoms with Crippen LogP contribution >= 0.6 is 11.6 Å². The Morgan fingerprint density at radius 2 is 1.93 bits per heavy atom. The summed E-state index contributed by atoms with van der Waals surface area (Å²) in [5, 5.41) is 0.756. The van der Waals surface area contributed by atoms with E-state index < -0.39 is 0 Å². The molecule has 82 valence electrons. The van der Waals surface area contributed by atoms with Crippen molar-refractivity contribution in [3.05, 3.63) is 28.3 Å². The van der Waals surface area contributed by atoms with Crippen molar-refractivity contribution in [1.29, 1.82) is 0 Å². The van der Waals surface area contributed by atoms with Crippen molar-refractivity contribution in [1.82, 2.24) is 0 Å². The second kappa shape index (κ2) is 3.69. The average molecular weight is 227 g/mol. The van der Waals surface area contributed by atoms with Gasteiger partial charge in [-0.05, 0) is 44.0 Å². The van der Waals surface area contributed by atoms with Crippen LogP contribution in [-0.4, -0.2) is 18.8 Å². The summed E-state index contributed by atoms with van der Waals surface area (Å²) in [6.45, 7) is 7.46. The fourth-order valence-corrected chi connectivity index (χ4v) is 1.88. The van der Waals surface area contributed by atoms with Gasteiger partial charge in [-0.15, -0.1) is 0 Å². The van der Waals surface area contributed by atoms with Crippen molar-refractivity contribution in [2.75, 3.05) is 13.2 Å². The van der Waals surface area contributed by atoms with E-state index in [1.54, 1.807) is 0 Å². The zero-order valence-corrected chi connectivity index (χ0v) is 10.0. The molecule has 1 aliphatic heterocycles. The summed E-state index contributed by atoms with van der Waals surface area (Å²) in [6.07, 6.45) is 0. The highest BCUT2D eigenvalue weighted by molar-refractivity contribution is 6.30. The van der Waals surface area contributed by atoms with Crippen LogP contribution in [0.15, 0.2) is 12.1 Å². The number of halogens is 1. The molecule has 2 nitrogen and oxygen atoms in total. The summed E-state index contributed by atoms with van der Waals surface area (Å²) in [4.78, 5) is 0. The number of aryl methyl sites for hydroxylation is 2. The number of ether oxygens (including phenoxy) is 2. The van der Waals surface area contributed by atoms with Crippen LogP contribution in [0, 0.1) is 13.8 Å². The molecule has 1 saturated heterocycles. The molecule has 15 heavy (non-hydrogen) atoms. The van der Waals surface area contributed by atoms with Gasteiger partial charge in [-0.1, -0.05) is 11.6 Å². The predicted molar refractivity (Wildman–Crippen MR) is 60.8 cm³/mol. The number of epoxide rings is 1. The minimum Gasteiger partial charge on any atom is -0.490 e. The van der Waals surface area contributed by atoms with Crippen molar-refractivity contribution in [3.63, 3.8) is 0 Å². The van der Waals surface area contributed by atoms with E-state index in [1.807, 2.05) is 32.9 Å². The first-order valence-electron chi connectivity index (χ1n) is 5.04. The van der Waals surface area contributed by atoms with E-state index >= 15 is 0 Å². The molecule has 1 aromatic rings. The number of benzene rings is 1. The second-order valence-electron chi connectivity index (χ2n) is 4.40. The minimum atomic E-state index is -0.0709. The molecule has 0 N–H and O–H groups in total. The number of hydrogen-bond donors (Lipinski definition) is 0. The Kier molecular flexibility index (Phi) is 2.65. The minimum absolute atomic E-state index is 0.0709. The third-order valence-corrected chi connectivity index (χ3v) is 2.80. The van der Waals surface area contributed by atoms with Crippen LogP contribution in [0.25, 0.3) is 0 Å². The molecule has 0 aromatic heterocycles. The van der Waals surface area contributed by atoms with Gasteiger partial charge in [0.15, 0.2) is 0 Å². The van der Waals surface area contributed by atoms with Gasteiger partial charge in [-0.2, -0.15) is 0 Å². The van der Waals surface area contributed by atoms with Crippen molar-refractivity contribution in [2.45, 2.75) is 26.4 Å². The molecule has 1 heterocycles. The molecule has 0 saturated carbocycles. The molecule has 0 spiro atoms. The van der Waals surface area contributed by atoms with E-state index in [0.717, 1.165) is 28.5 Å². The van der Waals surface area contributed by atoms with Gasteiger partial charge in [0.25, 0.3) is 0 Å². The van der Waals surface area contributed by atoms with E-state index in [9.17, 15) is 0 Å². The highest BCUT2D eigenvalue weighted by Gasteiger charge is 2.40. The van der Waals surface area contributed by atoms with E-state index in [4.69, 9.17) is 21.1 Å². The Morgan fingerprint density at radius 3 is 2.40 bits per heavy atom. The Bertz CT molecular complexity index is 360. The zero-order valence-electron chi connectivity index (χ0n) is 9.26. The molecule has 0 radical (unpaired) electrons. The summed E-state index contributed by atoms with van der Waals surface area (Å²) >= 11 is 5.94. The first-order chi connectivity index (χ1) is 7.00. The summed E-state index contributed by atoms with van der Waals surface area (Å²) < 4.78 is 11.0. The van der Waals surface area contributed by atoms with Crippen LogP contribution < -0.4 is 4.74 Å². The van der Waals surface area contributed by atoms with Crippen LogP contribution in [0.2, 0.25) is 5.02 Å². The van der Waals surface area contributed by atoms with Crippen molar-refractivity contribution in [3.8, 4) is 5.75 Å². The summed E-state index contributed by atoms with van der Waals surface area (Å²) in [7, 11) is 0. The van der Waals surface area contributed by atoms with Crippen LogP contribution in [0.3, 0.4) is 0 Å². The molecule has 2 rings (SSSR count). The van der Waals surface area contributed by atoms with E-state index in [2.05, 4.69) is 0 Å². The van der Waals surface area contributed by atoms with Crippen LogP contribution in [0.4, 0.5) is 0 Å². The molecule has 1 atom stereocenters. The first kappa shape index (κ1) is 10.8. The monoisotopic (exact) mass is 226 g/mol. The Balaban J connectivity index is 2.13. The first-order valence-corrected chi connectivity index (χ1v) is 5.41. The molecular formula is C12H15ClO2. The lowest BCUT2D eigenvalue weighted by atomic mass is 10.1. The second-order valence-corrected chi connectivity index (χ2v) is 4.83. The number of rotatable bonds is 3. The lowest BCUT2D eigenvalue weighted by molar-refractivity contribution is 0.201. The van der Waals surface area contributed by atoms with Gasteiger partial charge in [0.2, 0.25) is 0 Å². The summed E-state index contributed by atoms with van der Waals surface area (Å²) in [5.41, 5.74) is 2.08. The Morgan fingerprint density at radius 1 is 1.40 bits per heavy atom. The lowest BCUT2D eigenvalue weighted by Gasteiger charge is -2.14. The fourth-order valence-electron chi connectivity index (χ4n) is 1.56. The molecule has 1 fully saturated rings. The van der Waals surface area contributed by atoms with Crippen LogP contribution in [0.1, 0.15) is 18.1 Å². The molecule has 1 aromatic carbocycles. The normalized spacial score (nSPS) is 24.0. The van der Waals surface area contributed by atoms with E-state index in [1.165, 1.54) is 0 Å². The van der Waals surface area contributed by atoms with Gasteiger partial charge in [0, 0.05) is 5.02 Å². The number of hydrogen-bond acceptors (Lipinski definition) is 2. The van der Waals surface area contributed by atoms with Crippen LogP contribution in [-0.2, 0) is 4.74 Å².